The van der Waals surface area contributed by atoms with Gasteiger partial charge in [-0.15, -0.1) is 0 Å². The monoisotopic (exact) mass is 253 g/mol. The Kier molecular flexibility index (Phi) is 4.96. The third-order valence-corrected chi connectivity index (χ3v) is 3.16. The van der Waals surface area contributed by atoms with Gasteiger partial charge in [-0.3, -0.25) is 0 Å². The van der Waals surface area contributed by atoms with Gasteiger partial charge in [0.2, 0.25) is 0 Å². The molecule has 2 atom stereocenters. The largest absolute Gasteiger partial charge is 0.492 e. The molecule has 0 amide bonds. The van der Waals surface area contributed by atoms with Crippen LogP contribution in [0.1, 0.15) is 19.8 Å². The van der Waals surface area contributed by atoms with Crippen LogP contribution in [0.15, 0.2) is 24.3 Å². The maximum absolute atomic E-state index is 12.9. The lowest BCUT2D eigenvalue weighted by molar-refractivity contribution is 0.0824. The molecule has 1 aromatic rings. The van der Waals surface area contributed by atoms with Crippen molar-refractivity contribution >= 4 is 0 Å². The van der Waals surface area contributed by atoms with Gasteiger partial charge in [-0.1, -0.05) is 6.07 Å². The number of nitrogens with one attached hydrogen (secondary N) is 1. The summed E-state index contributed by atoms with van der Waals surface area (Å²) in [7, 11) is 0. The smallest absolute Gasteiger partial charge is 0.126 e. The van der Waals surface area contributed by atoms with Crippen LogP contribution in [0.5, 0.6) is 5.75 Å². The third kappa shape index (κ3) is 3.96. The first-order valence-electron chi connectivity index (χ1n) is 6.49. The second-order valence-electron chi connectivity index (χ2n) is 4.60. The van der Waals surface area contributed by atoms with Crippen LogP contribution in [-0.2, 0) is 4.74 Å². The molecule has 1 aromatic carbocycles. The molecule has 3 nitrogen and oxygen atoms in total. The number of rotatable bonds is 6. The van der Waals surface area contributed by atoms with Crippen LogP contribution in [0, 0.1) is 5.82 Å². The molecule has 0 spiro atoms. The number of hydrogen-bond donors (Lipinski definition) is 1. The molecule has 2 unspecified atom stereocenters. The lowest BCUT2D eigenvalue weighted by atomic mass is 10.1. The Labute approximate surface area is 107 Å². The van der Waals surface area contributed by atoms with E-state index < -0.39 is 0 Å². The second kappa shape index (κ2) is 6.71. The van der Waals surface area contributed by atoms with Gasteiger partial charge in [0.1, 0.15) is 18.2 Å². The predicted molar refractivity (Wildman–Crippen MR) is 68.3 cm³/mol. The average molecular weight is 253 g/mol. The Hall–Kier alpha value is -1.13. The summed E-state index contributed by atoms with van der Waals surface area (Å²) in [5.74, 6) is 0.301. The van der Waals surface area contributed by atoms with E-state index >= 15 is 0 Å². The molecule has 18 heavy (non-hydrogen) atoms. The Morgan fingerprint density at radius 1 is 1.56 bits per heavy atom. The van der Waals surface area contributed by atoms with Gasteiger partial charge >= 0.3 is 0 Å². The molecule has 1 heterocycles. The van der Waals surface area contributed by atoms with E-state index in [-0.39, 0.29) is 5.82 Å². The van der Waals surface area contributed by atoms with Crippen LogP contribution in [0.4, 0.5) is 4.39 Å². The quantitative estimate of drug-likeness (QED) is 0.789. The van der Waals surface area contributed by atoms with Crippen LogP contribution in [-0.4, -0.2) is 31.9 Å². The molecular weight excluding hydrogens is 233 g/mol. The van der Waals surface area contributed by atoms with E-state index in [4.69, 9.17) is 9.47 Å². The summed E-state index contributed by atoms with van der Waals surface area (Å²) in [5.41, 5.74) is 0. The molecule has 0 aromatic heterocycles. The van der Waals surface area contributed by atoms with Gasteiger partial charge < -0.3 is 14.8 Å². The van der Waals surface area contributed by atoms with Crippen LogP contribution in [0.25, 0.3) is 0 Å². The fourth-order valence-corrected chi connectivity index (χ4v) is 2.14. The van der Waals surface area contributed by atoms with Crippen LogP contribution < -0.4 is 10.1 Å². The number of hydrogen-bond acceptors (Lipinski definition) is 3. The summed E-state index contributed by atoms with van der Waals surface area (Å²) in [6.07, 6.45) is 2.59. The van der Waals surface area contributed by atoms with E-state index in [2.05, 4.69) is 12.2 Å². The van der Waals surface area contributed by atoms with Crippen molar-refractivity contribution in [3.63, 3.8) is 0 Å². The van der Waals surface area contributed by atoms with Crippen molar-refractivity contribution in [2.45, 2.75) is 31.9 Å². The Balaban J connectivity index is 1.63. The zero-order valence-electron chi connectivity index (χ0n) is 10.7. The first-order valence-corrected chi connectivity index (χ1v) is 6.49. The third-order valence-electron chi connectivity index (χ3n) is 3.16. The first-order chi connectivity index (χ1) is 8.75. The molecule has 0 aliphatic carbocycles. The van der Waals surface area contributed by atoms with E-state index in [1.165, 1.54) is 12.1 Å². The van der Waals surface area contributed by atoms with E-state index in [0.29, 0.717) is 24.5 Å². The van der Waals surface area contributed by atoms with Gasteiger partial charge in [0, 0.05) is 25.3 Å². The summed E-state index contributed by atoms with van der Waals surface area (Å²) in [6, 6.07) is 6.54. The highest BCUT2D eigenvalue weighted by Crippen LogP contribution is 2.15. The van der Waals surface area contributed by atoms with Gasteiger partial charge in [0.15, 0.2) is 0 Å². The highest BCUT2D eigenvalue weighted by atomic mass is 19.1. The van der Waals surface area contributed by atoms with Crippen molar-refractivity contribution in [2.75, 3.05) is 19.8 Å². The van der Waals surface area contributed by atoms with E-state index in [0.717, 1.165) is 26.0 Å². The fraction of sp³-hybridized carbons (Fsp3) is 0.571. The highest BCUT2D eigenvalue weighted by Gasteiger charge is 2.21. The molecule has 1 saturated heterocycles. The van der Waals surface area contributed by atoms with E-state index in [1.807, 2.05) is 0 Å². The molecule has 0 saturated carbocycles. The standard InChI is InChI=1S/C14H20FNO2/c1-11(14-6-3-8-18-14)16-7-9-17-13-5-2-4-12(15)10-13/h2,4-5,10-11,14,16H,3,6-9H2,1H3. The second-order valence-corrected chi connectivity index (χ2v) is 4.60. The molecule has 1 fully saturated rings. The minimum absolute atomic E-state index is 0.270. The highest BCUT2D eigenvalue weighted by molar-refractivity contribution is 5.22. The van der Waals surface area contributed by atoms with Crippen LogP contribution >= 0.6 is 0 Å². The van der Waals surface area contributed by atoms with E-state index in [1.54, 1.807) is 12.1 Å². The minimum Gasteiger partial charge on any atom is -0.492 e. The summed E-state index contributed by atoms with van der Waals surface area (Å²) in [6.45, 7) is 4.26. The summed E-state index contributed by atoms with van der Waals surface area (Å²) in [4.78, 5) is 0. The van der Waals surface area contributed by atoms with Crippen molar-refractivity contribution < 1.29 is 13.9 Å². The Bertz CT molecular complexity index is 367. The van der Waals surface area contributed by atoms with Crippen molar-refractivity contribution in [2.24, 2.45) is 0 Å². The van der Waals surface area contributed by atoms with Crippen molar-refractivity contribution in [3.05, 3.63) is 30.1 Å². The number of halogens is 1. The molecule has 1 aliphatic heterocycles. The van der Waals surface area contributed by atoms with Gasteiger partial charge in [-0.05, 0) is 31.9 Å². The topological polar surface area (TPSA) is 30.5 Å². The average Bonchev–Trinajstić information content (AvgIpc) is 2.88. The van der Waals surface area contributed by atoms with Gasteiger partial charge in [0.05, 0.1) is 6.10 Å². The maximum Gasteiger partial charge on any atom is 0.126 e. The fourth-order valence-electron chi connectivity index (χ4n) is 2.14. The van der Waals surface area contributed by atoms with Crippen LogP contribution in [0.2, 0.25) is 0 Å². The summed E-state index contributed by atoms with van der Waals surface area (Å²) in [5, 5.41) is 3.37. The minimum atomic E-state index is -0.270. The normalized spacial score (nSPS) is 20.9. The van der Waals surface area contributed by atoms with Crippen molar-refractivity contribution in [1.29, 1.82) is 0 Å². The van der Waals surface area contributed by atoms with Gasteiger partial charge in [-0.2, -0.15) is 0 Å². The number of benzene rings is 1. The predicted octanol–water partition coefficient (Wildman–Crippen LogP) is 2.36. The van der Waals surface area contributed by atoms with E-state index in [9.17, 15) is 4.39 Å². The molecule has 2 rings (SSSR count). The lowest BCUT2D eigenvalue weighted by Crippen LogP contribution is -2.39. The Morgan fingerprint density at radius 2 is 2.44 bits per heavy atom. The maximum atomic E-state index is 12.9. The Morgan fingerprint density at radius 3 is 3.17 bits per heavy atom. The molecule has 0 radical (unpaired) electrons. The molecule has 1 aliphatic rings. The number of ether oxygens (including phenoxy) is 2. The molecule has 4 heteroatoms. The zero-order chi connectivity index (χ0) is 12.8. The lowest BCUT2D eigenvalue weighted by Gasteiger charge is -2.20. The molecular formula is C14H20FNO2. The van der Waals surface area contributed by atoms with Gasteiger partial charge in [-0.25, -0.2) is 4.39 Å². The van der Waals surface area contributed by atoms with Crippen LogP contribution in [0.3, 0.4) is 0 Å². The molecule has 0 bridgehead atoms. The summed E-state index contributed by atoms with van der Waals surface area (Å²) >= 11 is 0. The molecule has 100 valence electrons. The van der Waals surface area contributed by atoms with Gasteiger partial charge in [0.25, 0.3) is 0 Å². The zero-order valence-corrected chi connectivity index (χ0v) is 10.7. The summed E-state index contributed by atoms with van der Waals surface area (Å²) < 4.78 is 23.9. The van der Waals surface area contributed by atoms with Crippen molar-refractivity contribution in [1.82, 2.24) is 5.32 Å². The first kappa shape index (κ1) is 13.3. The SMILES string of the molecule is CC(NCCOc1cccc(F)c1)C1CCCO1. The van der Waals surface area contributed by atoms with Crippen molar-refractivity contribution in [3.8, 4) is 5.75 Å². The molecule has 1 N–H and O–H groups in total.